The lowest BCUT2D eigenvalue weighted by Gasteiger charge is -2.08. The van der Waals surface area contributed by atoms with Crippen LogP contribution in [0.25, 0.3) is 0 Å². The summed E-state index contributed by atoms with van der Waals surface area (Å²) in [5.74, 6) is -0.577. The fraction of sp³-hybridized carbons (Fsp3) is 0.250. The second-order valence-electron chi connectivity index (χ2n) is 4.82. The number of carbonyl (C=O) groups is 2. The van der Waals surface area contributed by atoms with Crippen LogP contribution in [-0.4, -0.2) is 34.2 Å². The van der Waals surface area contributed by atoms with E-state index in [-0.39, 0.29) is 29.6 Å². The molecular formula is C16H18N4O3S. The highest BCUT2D eigenvalue weighted by Crippen LogP contribution is 2.18. The van der Waals surface area contributed by atoms with Gasteiger partial charge in [0.15, 0.2) is 5.16 Å². The van der Waals surface area contributed by atoms with Crippen molar-refractivity contribution in [3.8, 4) is 0 Å². The van der Waals surface area contributed by atoms with Crippen molar-refractivity contribution >= 4 is 35.1 Å². The predicted molar refractivity (Wildman–Crippen MR) is 92.9 cm³/mol. The van der Waals surface area contributed by atoms with Gasteiger partial charge in [0.1, 0.15) is 11.4 Å². The van der Waals surface area contributed by atoms with Crippen LogP contribution in [0.15, 0.2) is 35.6 Å². The summed E-state index contributed by atoms with van der Waals surface area (Å²) in [7, 11) is 0. The summed E-state index contributed by atoms with van der Waals surface area (Å²) in [6.07, 6.45) is 1.31. The molecule has 1 aromatic carbocycles. The van der Waals surface area contributed by atoms with E-state index in [1.165, 1.54) is 6.20 Å². The van der Waals surface area contributed by atoms with Crippen molar-refractivity contribution in [2.45, 2.75) is 19.0 Å². The number of amides is 1. The van der Waals surface area contributed by atoms with E-state index < -0.39 is 5.97 Å². The van der Waals surface area contributed by atoms with Gasteiger partial charge in [0.25, 0.3) is 0 Å². The van der Waals surface area contributed by atoms with Crippen LogP contribution in [0.2, 0.25) is 0 Å². The zero-order valence-electron chi connectivity index (χ0n) is 13.4. The maximum absolute atomic E-state index is 12.0. The number of carbonyl (C=O) groups excluding carboxylic acids is 2. The number of aromatic nitrogens is 2. The molecule has 1 heterocycles. The van der Waals surface area contributed by atoms with Gasteiger partial charge in [0.05, 0.1) is 12.4 Å². The smallest absolute Gasteiger partial charge is 0.343 e. The van der Waals surface area contributed by atoms with Crippen LogP contribution < -0.4 is 11.1 Å². The van der Waals surface area contributed by atoms with E-state index >= 15 is 0 Å². The van der Waals surface area contributed by atoms with Gasteiger partial charge in [-0.15, -0.1) is 0 Å². The highest BCUT2D eigenvalue weighted by molar-refractivity contribution is 7.99. The number of esters is 1. The molecule has 0 aliphatic heterocycles. The molecule has 0 aliphatic rings. The predicted octanol–water partition coefficient (Wildman–Crippen LogP) is 2.27. The molecule has 1 amide bonds. The van der Waals surface area contributed by atoms with Gasteiger partial charge in [0.2, 0.25) is 5.91 Å². The van der Waals surface area contributed by atoms with E-state index in [1.54, 1.807) is 6.92 Å². The molecule has 0 radical (unpaired) electrons. The molecule has 0 bridgehead atoms. The third-order valence-corrected chi connectivity index (χ3v) is 3.90. The van der Waals surface area contributed by atoms with Crippen molar-refractivity contribution in [2.24, 2.45) is 0 Å². The maximum Gasteiger partial charge on any atom is 0.343 e. The van der Waals surface area contributed by atoms with Gasteiger partial charge in [-0.25, -0.2) is 14.8 Å². The van der Waals surface area contributed by atoms with E-state index in [1.807, 2.05) is 31.2 Å². The van der Waals surface area contributed by atoms with E-state index in [0.29, 0.717) is 5.16 Å². The van der Waals surface area contributed by atoms with Crippen LogP contribution in [0.4, 0.5) is 11.5 Å². The number of aryl methyl sites for hydroxylation is 1. The van der Waals surface area contributed by atoms with Crippen molar-refractivity contribution in [1.82, 2.24) is 9.97 Å². The number of hydrogen-bond donors (Lipinski definition) is 2. The van der Waals surface area contributed by atoms with E-state index in [4.69, 9.17) is 10.5 Å². The number of ether oxygens (including phenoxy) is 1. The molecule has 3 N–H and O–H groups in total. The van der Waals surface area contributed by atoms with Crippen molar-refractivity contribution in [3.63, 3.8) is 0 Å². The highest BCUT2D eigenvalue weighted by atomic mass is 32.2. The molecule has 2 rings (SSSR count). The normalized spacial score (nSPS) is 10.2. The van der Waals surface area contributed by atoms with Crippen molar-refractivity contribution in [2.75, 3.05) is 23.4 Å². The summed E-state index contributed by atoms with van der Waals surface area (Å²) in [6, 6.07) is 7.51. The topological polar surface area (TPSA) is 107 Å². The van der Waals surface area contributed by atoms with Crippen molar-refractivity contribution in [1.29, 1.82) is 0 Å². The lowest BCUT2D eigenvalue weighted by atomic mass is 10.2. The molecule has 7 nitrogen and oxygen atoms in total. The highest BCUT2D eigenvalue weighted by Gasteiger charge is 2.14. The van der Waals surface area contributed by atoms with Gasteiger partial charge < -0.3 is 15.8 Å². The average Bonchev–Trinajstić information content (AvgIpc) is 2.55. The van der Waals surface area contributed by atoms with Crippen molar-refractivity contribution < 1.29 is 14.3 Å². The number of thioether (sulfide) groups is 1. The molecular weight excluding hydrogens is 328 g/mol. The molecule has 0 saturated carbocycles. The zero-order valence-corrected chi connectivity index (χ0v) is 14.2. The number of para-hydroxylation sites is 1. The second kappa shape index (κ2) is 8.30. The van der Waals surface area contributed by atoms with Crippen LogP contribution in [0.3, 0.4) is 0 Å². The Kier molecular flexibility index (Phi) is 6.14. The quantitative estimate of drug-likeness (QED) is 0.469. The number of nitrogens with one attached hydrogen (secondary N) is 1. The second-order valence-corrected chi connectivity index (χ2v) is 5.77. The minimum Gasteiger partial charge on any atom is -0.462 e. The molecule has 0 saturated heterocycles. The molecule has 0 atom stereocenters. The van der Waals surface area contributed by atoms with E-state index in [0.717, 1.165) is 23.0 Å². The number of nitrogens with two attached hydrogens (primary N) is 1. The Morgan fingerprint density at radius 3 is 2.75 bits per heavy atom. The Bertz CT molecular complexity index is 752. The SMILES string of the molecule is CCOC(=O)c1cnc(SCC(=O)Nc2ccccc2C)nc1N. The molecule has 2 aromatic rings. The Morgan fingerprint density at radius 1 is 1.33 bits per heavy atom. The standard InChI is InChI=1S/C16H18N4O3S/c1-3-23-15(22)11-8-18-16(20-14(11)17)24-9-13(21)19-12-7-5-4-6-10(12)2/h4-8H,3,9H2,1-2H3,(H,19,21)(H2,17,18,20). The molecule has 0 unspecified atom stereocenters. The van der Waals surface area contributed by atoms with Crippen LogP contribution in [0.5, 0.6) is 0 Å². The Morgan fingerprint density at radius 2 is 2.08 bits per heavy atom. The monoisotopic (exact) mass is 346 g/mol. The summed E-state index contributed by atoms with van der Waals surface area (Å²) in [6.45, 7) is 3.86. The van der Waals surface area contributed by atoms with Gasteiger partial charge in [-0.05, 0) is 25.5 Å². The lowest BCUT2D eigenvalue weighted by Crippen LogP contribution is -2.15. The average molecular weight is 346 g/mol. The molecule has 126 valence electrons. The number of nitrogens with zero attached hydrogens (tertiary/aromatic N) is 2. The van der Waals surface area contributed by atoms with E-state index in [2.05, 4.69) is 15.3 Å². The number of benzene rings is 1. The summed E-state index contributed by atoms with van der Waals surface area (Å²) in [5, 5.41) is 3.14. The molecule has 0 fully saturated rings. The van der Waals surface area contributed by atoms with Gasteiger partial charge in [-0.1, -0.05) is 30.0 Å². The Balaban J connectivity index is 1.94. The Hall–Kier alpha value is -2.61. The number of rotatable bonds is 6. The van der Waals surface area contributed by atoms with Crippen LogP contribution in [0.1, 0.15) is 22.8 Å². The molecule has 1 aromatic heterocycles. The molecule has 24 heavy (non-hydrogen) atoms. The van der Waals surface area contributed by atoms with Crippen LogP contribution in [0, 0.1) is 6.92 Å². The summed E-state index contributed by atoms with van der Waals surface area (Å²) >= 11 is 1.14. The summed E-state index contributed by atoms with van der Waals surface area (Å²) in [4.78, 5) is 31.7. The number of hydrogen-bond acceptors (Lipinski definition) is 7. The van der Waals surface area contributed by atoms with Crippen LogP contribution >= 0.6 is 11.8 Å². The first-order valence-electron chi connectivity index (χ1n) is 7.29. The fourth-order valence-electron chi connectivity index (χ4n) is 1.84. The van der Waals surface area contributed by atoms with Crippen molar-refractivity contribution in [3.05, 3.63) is 41.6 Å². The first-order valence-corrected chi connectivity index (χ1v) is 8.27. The zero-order chi connectivity index (χ0) is 17.5. The largest absolute Gasteiger partial charge is 0.462 e. The van der Waals surface area contributed by atoms with Gasteiger partial charge in [-0.3, -0.25) is 4.79 Å². The van der Waals surface area contributed by atoms with Gasteiger partial charge >= 0.3 is 5.97 Å². The molecule has 0 spiro atoms. The summed E-state index contributed by atoms with van der Waals surface area (Å²) in [5.41, 5.74) is 7.60. The first-order chi connectivity index (χ1) is 11.5. The molecule has 8 heteroatoms. The maximum atomic E-state index is 12.0. The molecule has 0 aliphatic carbocycles. The van der Waals surface area contributed by atoms with Gasteiger partial charge in [0, 0.05) is 11.9 Å². The van der Waals surface area contributed by atoms with Crippen LogP contribution in [-0.2, 0) is 9.53 Å². The third kappa shape index (κ3) is 4.69. The first kappa shape index (κ1) is 17.7. The third-order valence-electron chi connectivity index (χ3n) is 3.04. The minimum atomic E-state index is -0.566. The minimum absolute atomic E-state index is 0.0326. The number of nitrogen functional groups attached to an aromatic ring is 1. The van der Waals surface area contributed by atoms with E-state index in [9.17, 15) is 9.59 Å². The lowest BCUT2D eigenvalue weighted by molar-refractivity contribution is -0.113. The fourth-order valence-corrected chi connectivity index (χ4v) is 2.47. The number of anilines is 2. The summed E-state index contributed by atoms with van der Waals surface area (Å²) < 4.78 is 4.85. The van der Waals surface area contributed by atoms with Gasteiger partial charge in [-0.2, -0.15) is 0 Å². The Labute approximate surface area is 144 Å².